The zero-order valence-electron chi connectivity index (χ0n) is 13.3. The fourth-order valence-corrected chi connectivity index (χ4v) is 2.29. The quantitative estimate of drug-likeness (QED) is 0.586. The molecular weight excluding hydrogens is 298 g/mol. The van der Waals surface area contributed by atoms with Crippen LogP contribution in [-0.4, -0.2) is 16.6 Å². The molecule has 118 valence electrons. The normalized spacial score (nSPS) is 11.1. The fraction of sp³-hybridized carbons (Fsp3) is 0.0500. The van der Waals surface area contributed by atoms with Crippen molar-refractivity contribution in [2.45, 2.75) is 6.92 Å². The number of benzene rings is 2. The third kappa shape index (κ3) is 3.73. The Morgan fingerprint density at radius 3 is 2.25 bits per heavy atom. The predicted octanol–water partition coefficient (Wildman–Crippen LogP) is 3.90. The predicted molar refractivity (Wildman–Crippen MR) is 95.8 cm³/mol. The van der Waals surface area contributed by atoms with Gasteiger partial charge in [-0.05, 0) is 36.2 Å². The highest BCUT2D eigenvalue weighted by Crippen LogP contribution is 2.19. The molecule has 0 fully saturated rings. The van der Waals surface area contributed by atoms with Crippen molar-refractivity contribution in [3.8, 4) is 11.1 Å². The molecule has 1 aromatic heterocycles. The van der Waals surface area contributed by atoms with Gasteiger partial charge in [0, 0.05) is 23.5 Å². The van der Waals surface area contributed by atoms with Crippen LogP contribution in [0.2, 0.25) is 0 Å². The van der Waals surface area contributed by atoms with Crippen molar-refractivity contribution in [2.75, 3.05) is 0 Å². The molecule has 4 heteroatoms. The molecule has 1 amide bonds. The Labute approximate surface area is 140 Å². The maximum Gasteiger partial charge on any atom is 0.271 e. The summed E-state index contributed by atoms with van der Waals surface area (Å²) in [5.74, 6) is -0.238. The van der Waals surface area contributed by atoms with Crippen molar-refractivity contribution in [1.29, 1.82) is 0 Å². The highest BCUT2D eigenvalue weighted by Gasteiger charge is 2.05. The summed E-state index contributed by atoms with van der Waals surface area (Å²) in [6.45, 7) is 1.83. The average molecular weight is 315 g/mol. The van der Waals surface area contributed by atoms with Crippen LogP contribution in [0.4, 0.5) is 0 Å². The van der Waals surface area contributed by atoms with Crippen LogP contribution in [0, 0.1) is 0 Å². The molecule has 1 heterocycles. The van der Waals surface area contributed by atoms with E-state index in [0.717, 1.165) is 16.7 Å². The van der Waals surface area contributed by atoms with E-state index in [9.17, 15) is 4.79 Å². The van der Waals surface area contributed by atoms with Crippen molar-refractivity contribution < 1.29 is 4.79 Å². The van der Waals surface area contributed by atoms with E-state index in [1.807, 2.05) is 61.5 Å². The van der Waals surface area contributed by atoms with E-state index in [1.54, 1.807) is 24.5 Å². The minimum atomic E-state index is -0.238. The summed E-state index contributed by atoms with van der Waals surface area (Å²) >= 11 is 0. The third-order valence-electron chi connectivity index (χ3n) is 3.66. The molecule has 0 aliphatic carbocycles. The highest BCUT2D eigenvalue weighted by molar-refractivity contribution is 6.00. The van der Waals surface area contributed by atoms with E-state index < -0.39 is 0 Å². The lowest BCUT2D eigenvalue weighted by molar-refractivity contribution is 0.0955. The Hall–Kier alpha value is -3.27. The van der Waals surface area contributed by atoms with Crippen molar-refractivity contribution in [3.05, 3.63) is 90.3 Å². The van der Waals surface area contributed by atoms with Crippen molar-refractivity contribution in [2.24, 2.45) is 5.10 Å². The number of amides is 1. The topological polar surface area (TPSA) is 54.4 Å². The first-order valence-electron chi connectivity index (χ1n) is 7.64. The molecule has 0 saturated heterocycles. The second-order valence-corrected chi connectivity index (χ2v) is 5.32. The van der Waals surface area contributed by atoms with Crippen molar-refractivity contribution >= 4 is 11.6 Å². The summed E-state index contributed by atoms with van der Waals surface area (Å²) in [6.07, 6.45) is 3.41. The Balaban J connectivity index is 1.70. The monoisotopic (exact) mass is 315 g/mol. The molecule has 1 N–H and O–H groups in total. The number of pyridine rings is 1. The number of hydrogen-bond donors (Lipinski definition) is 1. The number of carbonyl (C=O) groups is 1. The summed E-state index contributed by atoms with van der Waals surface area (Å²) in [5, 5.41) is 4.13. The first kappa shape index (κ1) is 15.6. The average Bonchev–Trinajstić information content (AvgIpc) is 2.67. The molecule has 0 atom stereocenters. The Morgan fingerprint density at radius 2 is 1.58 bits per heavy atom. The molecule has 0 aliphatic heterocycles. The number of nitrogens with one attached hydrogen (secondary N) is 1. The molecule has 0 aliphatic rings. The summed E-state index contributed by atoms with van der Waals surface area (Å²) in [4.78, 5) is 16.2. The second-order valence-electron chi connectivity index (χ2n) is 5.32. The largest absolute Gasteiger partial charge is 0.271 e. The van der Waals surface area contributed by atoms with Crippen LogP contribution in [0.25, 0.3) is 11.1 Å². The van der Waals surface area contributed by atoms with Crippen molar-refractivity contribution in [1.82, 2.24) is 10.4 Å². The van der Waals surface area contributed by atoms with Crippen LogP contribution in [-0.2, 0) is 0 Å². The molecule has 0 bridgehead atoms. The zero-order valence-corrected chi connectivity index (χ0v) is 13.3. The van der Waals surface area contributed by atoms with E-state index >= 15 is 0 Å². The molecule has 0 unspecified atom stereocenters. The Morgan fingerprint density at radius 1 is 0.875 bits per heavy atom. The number of hydrogen-bond acceptors (Lipinski definition) is 3. The minimum absolute atomic E-state index is 0.238. The first-order valence-corrected chi connectivity index (χ1v) is 7.64. The minimum Gasteiger partial charge on any atom is -0.267 e. The van der Waals surface area contributed by atoms with Gasteiger partial charge in [0.25, 0.3) is 5.91 Å². The van der Waals surface area contributed by atoms with Crippen LogP contribution in [0.15, 0.2) is 84.2 Å². The lowest BCUT2D eigenvalue weighted by Crippen LogP contribution is -2.19. The first-order chi connectivity index (χ1) is 11.7. The second kappa shape index (κ2) is 7.33. The zero-order chi connectivity index (χ0) is 16.8. The van der Waals surface area contributed by atoms with Gasteiger partial charge in [-0.2, -0.15) is 5.10 Å². The van der Waals surface area contributed by atoms with Gasteiger partial charge in [-0.25, -0.2) is 5.43 Å². The number of aromatic nitrogens is 1. The molecule has 24 heavy (non-hydrogen) atoms. The van der Waals surface area contributed by atoms with Gasteiger partial charge in [0.15, 0.2) is 0 Å². The maximum atomic E-state index is 12.2. The molecule has 0 saturated carbocycles. The van der Waals surface area contributed by atoms with Gasteiger partial charge >= 0.3 is 0 Å². The van der Waals surface area contributed by atoms with Gasteiger partial charge in [-0.3, -0.25) is 9.78 Å². The van der Waals surface area contributed by atoms with Crippen LogP contribution in [0.3, 0.4) is 0 Å². The molecule has 3 aromatic rings. The molecule has 3 rings (SSSR count). The lowest BCUT2D eigenvalue weighted by Gasteiger charge is -2.05. The van der Waals surface area contributed by atoms with E-state index in [-0.39, 0.29) is 5.91 Å². The Bertz CT molecular complexity index is 841. The van der Waals surface area contributed by atoms with Gasteiger partial charge in [-0.15, -0.1) is 0 Å². The SMILES string of the molecule is C/C(=N/NC(=O)c1ccc(-c2ccccc2)cc1)c1cccnc1. The third-order valence-corrected chi connectivity index (χ3v) is 3.66. The molecule has 0 spiro atoms. The molecule has 4 nitrogen and oxygen atoms in total. The van der Waals surface area contributed by atoms with E-state index in [1.165, 1.54) is 0 Å². The van der Waals surface area contributed by atoms with Crippen molar-refractivity contribution in [3.63, 3.8) is 0 Å². The summed E-state index contributed by atoms with van der Waals surface area (Å²) in [7, 11) is 0. The highest BCUT2D eigenvalue weighted by atomic mass is 16.2. The summed E-state index contributed by atoms with van der Waals surface area (Å²) < 4.78 is 0. The number of hydrazone groups is 1. The van der Waals surface area contributed by atoms with Gasteiger partial charge in [0.1, 0.15) is 0 Å². The van der Waals surface area contributed by atoms with Crippen LogP contribution >= 0.6 is 0 Å². The van der Waals surface area contributed by atoms with E-state index in [0.29, 0.717) is 11.3 Å². The molecule has 0 radical (unpaired) electrons. The number of rotatable bonds is 4. The number of nitrogens with zero attached hydrogens (tertiary/aromatic N) is 2. The molecular formula is C20H17N3O. The van der Waals surface area contributed by atoms with E-state index in [2.05, 4.69) is 15.5 Å². The lowest BCUT2D eigenvalue weighted by atomic mass is 10.0. The van der Waals surface area contributed by atoms with E-state index in [4.69, 9.17) is 0 Å². The Kier molecular flexibility index (Phi) is 4.77. The van der Waals surface area contributed by atoms with Crippen LogP contribution in [0.1, 0.15) is 22.8 Å². The van der Waals surface area contributed by atoms with Gasteiger partial charge in [0.2, 0.25) is 0 Å². The fourth-order valence-electron chi connectivity index (χ4n) is 2.29. The maximum absolute atomic E-state index is 12.2. The number of carbonyl (C=O) groups excluding carboxylic acids is 1. The standard InChI is InChI=1S/C20H17N3O/c1-15(19-8-5-13-21-14-19)22-23-20(24)18-11-9-17(10-12-18)16-6-3-2-4-7-16/h2-14H,1H3,(H,23,24)/b22-15-. The summed E-state index contributed by atoms with van der Waals surface area (Å²) in [5.41, 5.74) is 6.91. The molecule has 2 aromatic carbocycles. The van der Waals surface area contributed by atoms with Gasteiger partial charge in [-0.1, -0.05) is 48.5 Å². The van der Waals surface area contributed by atoms with Gasteiger partial charge < -0.3 is 0 Å². The summed E-state index contributed by atoms with van der Waals surface area (Å²) in [6, 6.07) is 21.2. The van der Waals surface area contributed by atoms with Crippen LogP contribution < -0.4 is 5.43 Å². The smallest absolute Gasteiger partial charge is 0.267 e. The van der Waals surface area contributed by atoms with Crippen LogP contribution in [0.5, 0.6) is 0 Å². The van der Waals surface area contributed by atoms with Gasteiger partial charge in [0.05, 0.1) is 5.71 Å².